The molecule has 0 N–H and O–H groups in total. The maximum atomic E-state index is 2.50. The van der Waals surface area contributed by atoms with Gasteiger partial charge in [0.25, 0.3) is 0 Å². The molecule has 0 aromatic heterocycles. The Hall–Kier alpha value is -0.260. The standard InChI is InChI=1S/C9H14/c1-9(2)6-8(9)5-7-3-4-7/h5,8H,3-4,6H2,1-2H3. The van der Waals surface area contributed by atoms with Gasteiger partial charge in [0, 0.05) is 0 Å². The quantitative estimate of drug-likeness (QED) is 0.469. The van der Waals surface area contributed by atoms with E-state index in [4.69, 9.17) is 0 Å². The fourth-order valence-corrected chi connectivity index (χ4v) is 1.32. The van der Waals surface area contributed by atoms with Gasteiger partial charge in [-0.2, -0.15) is 0 Å². The first-order chi connectivity index (χ1) is 4.18. The molecular weight excluding hydrogens is 108 g/mol. The number of hydrogen-bond acceptors (Lipinski definition) is 0. The number of allylic oxidation sites excluding steroid dienone is 2. The monoisotopic (exact) mass is 122 g/mol. The molecule has 0 aromatic rings. The molecule has 2 aliphatic rings. The molecule has 0 saturated heterocycles. The molecule has 0 heteroatoms. The first-order valence-corrected chi connectivity index (χ1v) is 3.88. The van der Waals surface area contributed by atoms with Crippen molar-refractivity contribution in [2.45, 2.75) is 33.1 Å². The lowest BCUT2D eigenvalue weighted by molar-refractivity contribution is 0.609. The minimum absolute atomic E-state index is 0.662. The molecule has 0 aliphatic heterocycles. The van der Waals surface area contributed by atoms with E-state index < -0.39 is 0 Å². The van der Waals surface area contributed by atoms with Crippen LogP contribution in [0.5, 0.6) is 0 Å². The van der Waals surface area contributed by atoms with E-state index in [1.54, 1.807) is 5.57 Å². The van der Waals surface area contributed by atoms with Crippen molar-refractivity contribution in [3.8, 4) is 0 Å². The highest BCUT2D eigenvalue weighted by atomic mass is 14.5. The third kappa shape index (κ3) is 1.03. The largest absolute Gasteiger partial charge is 0.0816 e. The Bertz CT molecular complexity index is 157. The minimum Gasteiger partial charge on any atom is -0.0816 e. The van der Waals surface area contributed by atoms with Crippen LogP contribution in [0.1, 0.15) is 33.1 Å². The van der Waals surface area contributed by atoms with Crippen molar-refractivity contribution in [3.63, 3.8) is 0 Å². The lowest BCUT2D eigenvalue weighted by Gasteiger charge is -1.94. The van der Waals surface area contributed by atoms with Crippen LogP contribution >= 0.6 is 0 Å². The molecule has 0 amide bonds. The highest BCUT2D eigenvalue weighted by Gasteiger charge is 2.44. The molecule has 0 nitrogen and oxygen atoms in total. The Balaban J connectivity index is 1.97. The first-order valence-electron chi connectivity index (χ1n) is 3.88. The summed E-state index contributed by atoms with van der Waals surface area (Å²) in [6.45, 7) is 4.72. The van der Waals surface area contributed by atoms with E-state index in [2.05, 4.69) is 19.9 Å². The highest BCUT2D eigenvalue weighted by Crippen LogP contribution is 2.54. The van der Waals surface area contributed by atoms with Crippen molar-refractivity contribution in [3.05, 3.63) is 11.6 Å². The van der Waals surface area contributed by atoms with Gasteiger partial charge in [-0.1, -0.05) is 25.5 Å². The average molecular weight is 122 g/mol. The SMILES string of the molecule is CC1(C)CC1C=C1CC1. The lowest BCUT2D eigenvalue weighted by Crippen LogP contribution is -1.85. The molecule has 2 rings (SSSR count). The molecule has 50 valence electrons. The van der Waals surface area contributed by atoms with Crippen LogP contribution in [-0.4, -0.2) is 0 Å². The molecule has 2 aliphatic carbocycles. The minimum atomic E-state index is 0.662. The van der Waals surface area contributed by atoms with E-state index in [0.29, 0.717) is 5.41 Å². The van der Waals surface area contributed by atoms with Gasteiger partial charge in [-0.05, 0) is 30.6 Å². The van der Waals surface area contributed by atoms with Gasteiger partial charge in [-0.15, -0.1) is 0 Å². The Morgan fingerprint density at radius 1 is 1.44 bits per heavy atom. The van der Waals surface area contributed by atoms with Crippen molar-refractivity contribution in [1.29, 1.82) is 0 Å². The molecule has 2 fully saturated rings. The molecule has 1 atom stereocenters. The van der Waals surface area contributed by atoms with E-state index in [9.17, 15) is 0 Å². The summed E-state index contributed by atoms with van der Waals surface area (Å²) in [6.07, 6.45) is 6.72. The molecule has 0 radical (unpaired) electrons. The molecule has 2 saturated carbocycles. The van der Waals surface area contributed by atoms with Crippen LogP contribution in [0.25, 0.3) is 0 Å². The van der Waals surface area contributed by atoms with E-state index in [-0.39, 0.29) is 0 Å². The Morgan fingerprint density at radius 3 is 2.33 bits per heavy atom. The van der Waals surface area contributed by atoms with Gasteiger partial charge >= 0.3 is 0 Å². The van der Waals surface area contributed by atoms with Crippen LogP contribution in [0.3, 0.4) is 0 Å². The second-order valence-electron chi connectivity index (χ2n) is 4.12. The smallest absolute Gasteiger partial charge is 0.0174 e. The number of rotatable bonds is 1. The summed E-state index contributed by atoms with van der Waals surface area (Å²) in [5.74, 6) is 0.940. The molecule has 1 unspecified atom stereocenters. The van der Waals surface area contributed by atoms with Gasteiger partial charge in [-0.25, -0.2) is 0 Å². The van der Waals surface area contributed by atoms with E-state index in [1.165, 1.54) is 19.3 Å². The maximum absolute atomic E-state index is 2.50. The average Bonchev–Trinajstić information content (AvgIpc) is 2.54. The van der Waals surface area contributed by atoms with Crippen molar-refractivity contribution in [2.24, 2.45) is 11.3 Å². The van der Waals surface area contributed by atoms with Crippen LogP contribution in [0.2, 0.25) is 0 Å². The summed E-state index contributed by atoms with van der Waals surface area (Å²) < 4.78 is 0. The van der Waals surface area contributed by atoms with Crippen LogP contribution < -0.4 is 0 Å². The summed E-state index contributed by atoms with van der Waals surface area (Å²) in [4.78, 5) is 0. The second kappa shape index (κ2) is 1.42. The maximum Gasteiger partial charge on any atom is -0.0174 e. The molecular formula is C9H14. The summed E-state index contributed by atoms with van der Waals surface area (Å²) in [7, 11) is 0. The zero-order valence-corrected chi connectivity index (χ0v) is 6.28. The van der Waals surface area contributed by atoms with Gasteiger partial charge in [-0.3, -0.25) is 0 Å². The van der Waals surface area contributed by atoms with Crippen LogP contribution in [-0.2, 0) is 0 Å². The van der Waals surface area contributed by atoms with Gasteiger partial charge in [0.2, 0.25) is 0 Å². The third-order valence-electron chi connectivity index (χ3n) is 2.57. The van der Waals surface area contributed by atoms with Gasteiger partial charge in [0.1, 0.15) is 0 Å². The fraction of sp³-hybridized carbons (Fsp3) is 0.778. The van der Waals surface area contributed by atoms with Crippen LogP contribution in [0, 0.1) is 11.3 Å². The van der Waals surface area contributed by atoms with E-state index >= 15 is 0 Å². The molecule has 0 heterocycles. The molecule has 0 bridgehead atoms. The summed E-state index contributed by atoms with van der Waals surface area (Å²) >= 11 is 0. The zero-order chi connectivity index (χ0) is 6.48. The van der Waals surface area contributed by atoms with Gasteiger partial charge in [0.05, 0.1) is 0 Å². The van der Waals surface area contributed by atoms with E-state index in [1.807, 2.05) is 0 Å². The van der Waals surface area contributed by atoms with E-state index in [0.717, 1.165) is 5.92 Å². The second-order valence-corrected chi connectivity index (χ2v) is 4.12. The van der Waals surface area contributed by atoms with Crippen molar-refractivity contribution in [1.82, 2.24) is 0 Å². The summed E-state index contributed by atoms with van der Waals surface area (Å²) in [5, 5.41) is 0. The summed E-state index contributed by atoms with van der Waals surface area (Å²) in [5.41, 5.74) is 2.38. The zero-order valence-electron chi connectivity index (χ0n) is 6.28. The van der Waals surface area contributed by atoms with Gasteiger partial charge < -0.3 is 0 Å². The van der Waals surface area contributed by atoms with Crippen molar-refractivity contribution in [2.75, 3.05) is 0 Å². The van der Waals surface area contributed by atoms with Gasteiger partial charge in [0.15, 0.2) is 0 Å². The first kappa shape index (κ1) is 5.52. The third-order valence-corrected chi connectivity index (χ3v) is 2.57. The number of hydrogen-bond donors (Lipinski definition) is 0. The molecule has 0 aromatic carbocycles. The molecule has 0 spiro atoms. The normalized spacial score (nSPS) is 36.2. The van der Waals surface area contributed by atoms with Crippen LogP contribution in [0.4, 0.5) is 0 Å². The van der Waals surface area contributed by atoms with Crippen molar-refractivity contribution >= 4 is 0 Å². The summed E-state index contributed by atoms with van der Waals surface area (Å²) in [6, 6.07) is 0. The Morgan fingerprint density at radius 2 is 2.00 bits per heavy atom. The lowest BCUT2D eigenvalue weighted by atomic mass is 10.1. The predicted octanol–water partition coefficient (Wildman–Crippen LogP) is 2.75. The molecule has 9 heavy (non-hydrogen) atoms. The topological polar surface area (TPSA) is 0 Å². The Labute approximate surface area is 57.0 Å². The van der Waals surface area contributed by atoms with Crippen molar-refractivity contribution < 1.29 is 0 Å². The Kier molecular flexibility index (Phi) is 0.870. The highest BCUT2D eigenvalue weighted by molar-refractivity contribution is 5.22. The predicted molar refractivity (Wildman–Crippen MR) is 39.2 cm³/mol. The fourth-order valence-electron chi connectivity index (χ4n) is 1.32. The van der Waals surface area contributed by atoms with Crippen LogP contribution in [0.15, 0.2) is 11.6 Å².